The summed E-state index contributed by atoms with van der Waals surface area (Å²) in [7, 11) is 0. The van der Waals surface area contributed by atoms with Gasteiger partial charge in [0.15, 0.2) is 0 Å². The summed E-state index contributed by atoms with van der Waals surface area (Å²) in [4.78, 5) is 15.2. The molecule has 2 aliphatic heterocycles. The van der Waals surface area contributed by atoms with Gasteiger partial charge in [-0.15, -0.1) is 0 Å². The lowest BCUT2D eigenvalue weighted by molar-refractivity contribution is -0.131. The van der Waals surface area contributed by atoms with E-state index in [9.17, 15) is 4.79 Å². The van der Waals surface area contributed by atoms with E-state index in [4.69, 9.17) is 0 Å². The van der Waals surface area contributed by atoms with Crippen LogP contribution < -0.4 is 0 Å². The van der Waals surface area contributed by atoms with Crippen molar-refractivity contribution in [1.82, 2.24) is 4.90 Å². The second-order valence-corrected chi connectivity index (χ2v) is 7.24. The summed E-state index contributed by atoms with van der Waals surface area (Å²) < 4.78 is 0. The Hall–Kier alpha value is -1.15. The van der Waals surface area contributed by atoms with Gasteiger partial charge in [0.1, 0.15) is 5.78 Å². The Morgan fingerprint density at radius 2 is 1.62 bits per heavy atom. The molecule has 2 bridgehead atoms. The molecule has 112 valence electrons. The van der Waals surface area contributed by atoms with Crippen molar-refractivity contribution in [3.63, 3.8) is 0 Å². The Labute approximate surface area is 127 Å². The molecule has 2 saturated heterocycles. The predicted octanol–water partition coefficient (Wildman–Crippen LogP) is 3.80. The van der Waals surface area contributed by atoms with Crippen LogP contribution in [0, 0.1) is 11.8 Å². The Bertz CT molecular complexity index is 494. The normalized spacial score (nSPS) is 32.9. The van der Waals surface area contributed by atoms with Crippen molar-refractivity contribution in [2.45, 2.75) is 63.6 Å². The molecule has 21 heavy (non-hydrogen) atoms. The van der Waals surface area contributed by atoms with Gasteiger partial charge < -0.3 is 0 Å². The van der Waals surface area contributed by atoms with Gasteiger partial charge in [-0.1, -0.05) is 36.8 Å². The lowest BCUT2D eigenvalue weighted by atomic mass is 9.74. The SMILES string of the molecule is O=C(C1CCC1)C1CC2CCC(C1)N2Cc1ccccc1. The van der Waals surface area contributed by atoms with Gasteiger partial charge in [-0.3, -0.25) is 9.69 Å². The van der Waals surface area contributed by atoms with Gasteiger partial charge in [-0.05, 0) is 44.1 Å². The first-order valence-electron chi connectivity index (χ1n) is 8.64. The molecule has 2 heteroatoms. The van der Waals surface area contributed by atoms with Crippen LogP contribution in [0.15, 0.2) is 30.3 Å². The Kier molecular flexibility index (Phi) is 3.58. The van der Waals surface area contributed by atoms with Crippen molar-refractivity contribution in [3.8, 4) is 0 Å². The molecule has 1 aliphatic carbocycles. The lowest BCUT2D eigenvalue weighted by Gasteiger charge is -2.40. The minimum absolute atomic E-state index is 0.375. The molecule has 0 amide bonds. The summed E-state index contributed by atoms with van der Waals surface area (Å²) >= 11 is 0. The van der Waals surface area contributed by atoms with Crippen molar-refractivity contribution < 1.29 is 4.79 Å². The summed E-state index contributed by atoms with van der Waals surface area (Å²) in [6.45, 7) is 1.07. The van der Waals surface area contributed by atoms with Gasteiger partial charge in [-0.2, -0.15) is 0 Å². The van der Waals surface area contributed by atoms with Gasteiger partial charge in [0.2, 0.25) is 0 Å². The molecule has 0 spiro atoms. The molecule has 2 nitrogen and oxygen atoms in total. The summed E-state index contributed by atoms with van der Waals surface area (Å²) in [5.41, 5.74) is 1.41. The lowest BCUT2D eigenvalue weighted by Crippen LogP contribution is -2.45. The highest BCUT2D eigenvalue weighted by atomic mass is 16.1. The second-order valence-electron chi connectivity index (χ2n) is 7.24. The number of ketones is 1. The molecule has 1 aromatic rings. The Morgan fingerprint density at radius 1 is 0.952 bits per heavy atom. The highest BCUT2D eigenvalue weighted by molar-refractivity contribution is 5.84. The number of benzene rings is 1. The smallest absolute Gasteiger partial charge is 0.139 e. The van der Waals surface area contributed by atoms with E-state index in [-0.39, 0.29) is 0 Å². The number of nitrogens with zero attached hydrogens (tertiary/aromatic N) is 1. The van der Waals surface area contributed by atoms with Crippen LogP contribution in [0.25, 0.3) is 0 Å². The zero-order chi connectivity index (χ0) is 14.2. The minimum Gasteiger partial charge on any atom is -0.299 e. The van der Waals surface area contributed by atoms with E-state index >= 15 is 0 Å². The largest absolute Gasteiger partial charge is 0.299 e. The van der Waals surface area contributed by atoms with E-state index < -0.39 is 0 Å². The maximum Gasteiger partial charge on any atom is 0.139 e. The Morgan fingerprint density at radius 3 is 2.19 bits per heavy atom. The number of Topliss-reactive ketones (excluding diaryl/α,β-unsaturated/α-hetero) is 1. The number of fused-ring (bicyclic) bond motifs is 2. The van der Waals surface area contributed by atoms with Crippen LogP contribution in [0.5, 0.6) is 0 Å². The number of piperidine rings is 1. The maximum atomic E-state index is 12.5. The third-order valence-electron chi connectivity index (χ3n) is 6.00. The number of carbonyl (C=O) groups is 1. The highest BCUT2D eigenvalue weighted by Gasteiger charge is 2.44. The van der Waals surface area contributed by atoms with Crippen LogP contribution in [-0.2, 0) is 11.3 Å². The fraction of sp³-hybridized carbons (Fsp3) is 0.632. The average molecular weight is 283 g/mol. The monoisotopic (exact) mass is 283 g/mol. The van der Waals surface area contributed by atoms with Gasteiger partial charge in [0.05, 0.1) is 0 Å². The quantitative estimate of drug-likeness (QED) is 0.837. The topological polar surface area (TPSA) is 20.3 Å². The van der Waals surface area contributed by atoms with Crippen molar-refractivity contribution in [2.75, 3.05) is 0 Å². The van der Waals surface area contributed by atoms with E-state index in [0.29, 0.717) is 29.7 Å². The van der Waals surface area contributed by atoms with E-state index in [0.717, 1.165) is 19.4 Å². The van der Waals surface area contributed by atoms with Gasteiger partial charge in [0.25, 0.3) is 0 Å². The van der Waals surface area contributed by atoms with Crippen LogP contribution in [0.3, 0.4) is 0 Å². The maximum absolute atomic E-state index is 12.5. The molecule has 3 aliphatic rings. The molecule has 2 atom stereocenters. The summed E-state index contributed by atoms with van der Waals surface area (Å²) in [5.74, 6) is 1.41. The first-order valence-corrected chi connectivity index (χ1v) is 8.64. The molecule has 2 heterocycles. The third kappa shape index (κ3) is 2.55. The van der Waals surface area contributed by atoms with Gasteiger partial charge in [-0.25, -0.2) is 0 Å². The first kappa shape index (κ1) is 13.5. The van der Waals surface area contributed by atoms with Crippen molar-refractivity contribution >= 4 is 5.78 Å². The molecule has 2 unspecified atom stereocenters. The van der Waals surface area contributed by atoms with Crippen LogP contribution in [0.2, 0.25) is 0 Å². The van der Waals surface area contributed by atoms with E-state index in [1.165, 1.54) is 37.7 Å². The number of hydrogen-bond donors (Lipinski definition) is 0. The third-order valence-corrected chi connectivity index (χ3v) is 6.00. The Balaban J connectivity index is 1.43. The van der Waals surface area contributed by atoms with Crippen LogP contribution in [0.4, 0.5) is 0 Å². The van der Waals surface area contributed by atoms with Crippen LogP contribution in [0.1, 0.15) is 50.5 Å². The van der Waals surface area contributed by atoms with Crippen molar-refractivity contribution in [1.29, 1.82) is 0 Å². The highest BCUT2D eigenvalue weighted by Crippen LogP contribution is 2.42. The summed E-state index contributed by atoms with van der Waals surface area (Å²) in [6.07, 6.45) is 8.45. The summed E-state index contributed by atoms with van der Waals surface area (Å²) in [5, 5.41) is 0. The molecule has 1 aromatic carbocycles. The predicted molar refractivity (Wildman–Crippen MR) is 83.9 cm³/mol. The number of hydrogen-bond acceptors (Lipinski definition) is 2. The van der Waals surface area contributed by atoms with Gasteiger partial charge in [0, 0.05) is 30.5 Å². The van der Waals surface area contributed by atoms with Crippen LogP contribution in [-0.4, -0.2) is 22.8 Å². The number of carbonyl (C=O) groups excluding carboxylic acids is 1. The van der Waals surface area contributed by atoms with E-state index in [1.807, 2.05) is 0 Å². The fourth-order valence-corrected chi connectivity index (χ4v) is 4.58. The van der Waals surface area contributed by atoms with E-state index in [1.54, 1.807) is 0 Å². The fourth-order valence-electron chi connectivity index (χ4n) is 4.58. The molecule has 0 N–H and O–H groups in total. The molecular weight excluding hydrogens is 258 g/mol. The average Bonchev–Trinajstić information content (AvgIpc) is 2.69. The van der Waals surface area contributed by atoms with Crippen LogP contribution >= 0.6 is 0 Å². The molecular formula is C19H25NO. The van der Waals surface area contributed by atoms with E-state index in [2.05, 4.69) is 35.2 Å². The molecule has 1 saturated carbocycles. The second kappa shape index (κ2) is 5.57. The van der Waals surface area contributed by atoms with Gasteiger partial charge >= 0.3 is 0 Å². The minimum atomic E-state index is 0.375. The molecule has 3 fully saturated rings. The molecule has 0 radical (unpaired) electrons. The first-order chi connectivity index (χ1) is 10.3. The standard InChI is InChI=1S/C19H25NO/c21-19(15-7-4-8-15)16-11-17-9-10-18(12-16)20(17)13-14-5-2-1-3-6-14/h1-3,5-6,15-18H,4,7-13H2. The molecule has 4 rings (SSSR count). The van der Waals surface area contributed by atoms with Crippen molar-refractivity contribution in [3.05, 3.63) is 35.9 Å². The zero-order valence-corrected chi connectivity index (χ0v) is 12.7. The number of rotatable bonds is 4. The summed E-state index contributed by atoms with van der Waals surface area (Å²) in [6, 6.07) is 12.1. The molecule has 0 aromatic heterocycles. The zero-order valence-electron chi connectivity index (χ0n) is 12.7. The van der Waals surface area contributed by atoms with Crippen molar-refractivity contribution in [2.24, 2.45) is 11.8 Å².